The SMILES string of the molecule is Cc1ccc(N2C(=O)C[C@@H](c3c(C)[nH]n(-c4nc5ccccc5[nH]4)c3=O)C2=O)cc1C. The van der Waals surface area contributed by atoms with Crippen molar-refractivity contribution in [2.45, 2.75) is 33.1 Å². The molecule has 1 aliphatic rings. The highest BCUT2D eigenvalue weighted by Crippen LogP contribution is 2.33. The Balaban J connectivity index is 1.55. The molecule has 1 atom stereocenters. The molecule has 156 valence electrons. The number of imide groups is 1. The Labute approximate surface area is 177 Å². The molecule has 5 rings (SSSR count). The van der Waals surface area contributed by atoms with Crippen LogP contribution in [0.1, 0.15) is 34.7 Å². The lowest BCUT2D eigenvalue weighted by molar-refractivity contribution is -0.121. The number of aryl methyl sites for hydroxylation is 3. The monoisotopic (exact) mass is 415 g/mol. The van der Waals surface area contributed by atoms with Crippen LogP contribution in [0.4, 0.5) is 5.69 Å². The van der Waals surface area contributed by atoms with E-state index in [1.807, 2.05) is 50.2 Å². The number of carbonyl (C=O) groups is 2. The summed E-state index contributed by atoms with van der Waals surface area (Å²) in [6.45, 7) is 5.63. The van der Waals surface area contributed by atoms with Crippen molar-refractivity contribution in [3.63, 3.8) is 0 Å². The number of anilines is 1. The van der Waals surface area contributed by atoms with Crippen LogP contribution in [0.15, 0.2) is 47.3 Å². The number of nitrogens with one attached hydrogen (secondary N) is 2. The van der Waals surface area contributed by atoms with Crippen molar-refractivity contribution < 1.29 is 9.59 Å². The molecule has 8 heteroatoms. The van der Waals surface area contributed by atoms with Crippen LogP contribution in [0.25, 0.3) is 17.0 Å². The second-order valence-electron chi connectivity index (χ2n) is 7.96. The molecule has 2 aromatic carbocycles. The number of hydrogen-bond acceptors (Lipinski definition) is 4. The van der Waals surface area contributed by atoms with Crippen molar-refractivity contribution in [2.75, 3.05) is 4.90 Å². The van der Waals surface area contributed by atoms with Gasteiger partial charge in [0.15, 0.2) is 0 Å². The molecule has 0 unspecified atom stereocenters. The van der Waals surface area contributed by atoms with Crippen molar-refractivity contribution in [3.8, 4) is 5.95 Å². The van der Waals surface area contributed by atoms with Gasteiger partial charge in [-0.3, -0.25) is 19.5 Å². The van der Waals surface area contributed by atoms with Crippen molar-refractivity contribution in [1.82, 2.24) is 19.7 Å². The first-order valence-corrected chi connectivity index (χ1v) is 10.1. The average molecular weight is 415 g/mol. The van der Waals surface area contributed by atoms with Crippen molar-refractivity contribution in [2.24, 2.45) is 0 Å². The molecule has 4 aromatic rings. The molecular formula is C23H21N5O3. The Hall–Kier alpha value is -3.94. The van der Waals surface area contributed by atoms with E-state index in [0.717, 1.165) is 22.2 Å². The molecule has 0 radical (unpaired) electrons. The van der Waals surface area contributed by atoms with E-state index in [1.165, 1.54) is 9.58 Å². The largest absolute Gasteiger partial charge is 0.322 e. The zero-order chi connectivity index (χ0) is 21.9. The van der Waals surface area contributed by atoms with Gasteiger partial charge in [-0.1, -0.05) is 18.2 Å². The summed E-state index contributed by atoms with van der Waals surface area (Å²) in [5.74, 6) is -1.19. The van der Waals surface area contributed by atoms with Crippen LogP contribution >= 0.6 is 0 Å². The van der Waals surface area contributed by atoms with Crippen LogP contribution < -0.4 is 10.5 Å². The molecule has 3 heterocycles. The Morgan fingerprint density at radius 1 is 1.00 bits per heavy atom. The van der Waals surface area contributed by atoms with Crippen LogP contribution in [0.2, 0.25) is 0 Å². The number of para-hydroxylation sites is 2. The van der Waals surface area contributed by atoms with Gasteiger partial charge in [-0.2, -0.15) is 4.68 Å². The highest BCUT2D eigenvalue weighted by atomic mass is 16.2. The fourth-order valence-corrected chi connectivity index (χ4v) is 4.16. The summed E-state index contributed by atoms with van der Waals surface area (Å²) in [4.78, 5) is 48.0. The van der Waals surface area contributed by atoms with Crippen LogP contribution in [0.3, 0.4) is 0 Å². The minimum absolute atomic E-state index is 0.0418. The molecule has 0 saturated carbocycles. The third kappa shape index (κ3) is 2.91. The van der Waals surface area contributed by atoms with Crippen molar-refractivity contribution >= 4 is 28.5 Å². The number of aromatic amines is 2. The van der Waals surface area contributed by atoms with Gasteiger partial charge in [0, 0.05) is 12.1 Å². The molecule has 0 bridgehead atoms. The maximum atomic E-state index is 13.2. The molecular weight excluding hydrogens is 394 g/mol. The van der Waals surface area contributed by atoms with Crippen LogP contribution in [-0.4, -0.2) is 31.6 Å². The fourth-order valence-electron chi connectivity index (χ4n) is 4.16. The Kier molecular flexibility index (Phi) is 4.18. The molecule has 1 aliphatic heterocycles. The van der Waals surface area contributed by atoms with Gasteiger partial charge in [0.2, 0.25) is 17.8 Å². The van der Waals surface area contributed by atoms with Gasteiger partial charge in [0.25, 0.3) is 5.56 Å². The minimum Gasteiger partial charge on any atom is -0.322 e. The van der Waals surface area contributed by atoms with E-state index in [9.17, 15) is 14.4 Å². The first-order valence-electron chi connectivity index (χ1n) is 10.1. The van der Waals surface area contributed by atoms with E-state index in [-0.39, 0.29) is 23.8 Å². The highest BCUT2D eigenvalue weighted by molar-refractivity contribution is 6.22. The molecule has 2 aromatic heterocycles. The standard InChI is InChI=1S/C23H21N5O3/c1-12-8-9-15(10-13(12)2)27-19(29)11-16(21(27)30)20-14(3)26-28(22(20)31)23-24-17-6-4-5-7-18(17)25-23/h4-10,16,26H,11H2,1-3H3,(H,24,25)/t16-/m0/s1. The Bertz CT molecular complexity index is 1390. The van der Waals surface area contributed by atoms with Gasteiger partial charge in [-0.15, -0.1) is 0 Å². The topological polar surface area (TPSA) is 104 Å². The molecule has 1 saturated heterocycles. The lowest BCUT2D eigenvalue weighted by atomic mass is 9.98. The molecule has 31 heavy (non-hydrogen) atoms. The second kappa shape index (κ2) is 6.80. The maximum absolute atomic E-state index is 13.2. The number of carbonyl (C=O) groups excluding carboxylic acids is 2. The zero-order valence-electron chi connectivity index (χ0n) is 17.4. The summed E-state index contributed by atoms with van der Waals surface area (Å²) in [5.41, 5.74) is 4.58. The van der Waals surface area contributed by atoms with E-state index >= 15 is 0 Å². The van der Waals surface area contributed by atoms with Gasteiger partial charge in [0.1, 0.15) is 0 Å². The summed E-state index contributed by atoms with van der Waals surface area (Å²) < 4.78 is 1.29. The molecule has 1 fully saturated rings. The Morgan fingerprint density at radius 3 is 2.52 bits per heavy atom. The zero-order valence-corrected chi connectivity index (χ0v) is 17.4. The van der Waals surface area contributed by atoms with Crippen LogP contribution in [0, 0.1) is 20.8 Å². The molecule has 0 aliphatic carbocycles. The minimum atomic E-state index is -0.830. The van der Waals surface area contributed by atoms with E-state index in [1.54, 1.807) is 13.0 Å². The van der Waals surface area contributed by atoms with Gasteiger partial charge >= 0.3 is 0 Å². The Morgan fingerprint density at radius 2 is 1.77 bits per heavy atom. The number of hydrogen-bond donors (Lipinski definition) is 2. The predicted octanol–water partition coefficient (Wildman–Crippen LogP) is 3.01. The van der Waals surface area contributed by atoms with E-state index < -0.39 is 5.92 Å². The number of aromatic nitrogens is 4. The quantitative estimate of drug-likeness (QED) is 0.502. The molecule has 2 N–H and O–H groups in total. The first-order chi connectivity index (χ1) is 14.8. The summed E-state index contributed by atoms with van der Waals surface area (Å²) in [5, 5.41) is 3.00. The number of rotatable bonds is 3. The number of nitrogens with zero attached hydrogens (tertiary/aromatic N) is 3. The van der Waals surface area contributed by atoms with Crippen molar-refractivity contribution in [3.05, 3.63) is 75.2 Å². The first kappa shape index (κ1) is 19.0. The molecule has 0 spiro atoms. The summed E-state index contributed by atoms with van der Waals surface area (Å²) in [6.07, 6.45) is -0.0418. The van der Waals surface area contributed by atoms with Crippen molar-refractivity contribution in [1.29, 1.82) is 0 Å². The predicted molar refractivity (Wildman–Crippen MR) is 117 cm³/mol. The number of amides is 2. The van der Waals surface area contributed by atoms with Gasteiger partial charge < -0.3 is 4.98 Å². The van der Waals surface area contributed by atoms with Crippen LogP contribution in [-0.2, 0) is 9.59 Å². The number of H-pyrrole nitrogens is 2. The second-order valence-corrected chi connectivity index (χ2v) is 7.96. The smallest absolute Gasteiger partial charge is 0.278 e. The summed E-state index contributed by atoms with van der Waals surface area (Å²) in [7, 11) is 0. The number of benzene rings is 2. The van der Waals surface area contributed by atoms with Gasteiger partial charge in [-0.05, 0) is 56.2 Å². The van der Waals surface area contributed by atoms with E-state index in [4.69, 9.17) is 0 Å². The summed E-state index contributed by atoms with van der Waals surface area (Å²) in [6, 6.07) is 12.9. The fraction of sp³-hybridized carbons (Fsp3) is 0.217. The lowest BCUT2D eigenvalue weighted by Crippen LogP contribution is -2.31. The number of fused-ring (bicyclic) bond motifs is 1. The van der Waals surface area contributed by atoms with Gasteiger partial charge in [0.05, 0.1) is 28.2 Å². The lowest BCUT2D eigenvalue weighted by Gasteiger charge is -2.16. The third-order valence-electron chi connectivity index (χ3n) is 5.95. The third-order valence-corrected chi connectivity index (χ3v) is 5.95. The molecule has 8 nitrogen and oxygen atoms in total. The maximum Gasteiger partial charge on any atom is 0.278 e. The van der Waals surface area contributed by atoms with E-state index in [2.05, 4.69) is 15.1 Å². The van der Waals surface area contributed by atoms with Crippen LogP contribution in [0.5, 0.6) is 0 Å². The van der Waals surface area contributed by atoms with E-state index in [0.29, 0.717) is 22.9 Å². The highest BCUT2D eigenvalue weighted by Gasteiger charge is 2.43. The number of imidazole rings is 1. The molecule has 2 amide bonds. The average Bonchev–Trinajstić information content (AvgIpc) is 3.37. The normalized spacial score (nSPS) is 16.6. The summed E-state index contributed by atoms with van der Waals surface area (Å²) >= 11 is 0. The van der Waals surface area contributed by atoms with Gasteiger partial charge in [-0.25, -0.2) is 9.88 Å².